The lowest BCUT2D eigenvalue weighted by molar-refractivity contribution is 0.0706. The summed E-state index contributed by atoms with van der Waals surface area (Å²) in [4.78, 5) is 23.4. The molecule has 25 heavy (non-hydrogen) atoms. The lowest BCUT2D eigenvalue weighted by atomic mass is 10.0. The lowest BCUT2D eigenvalue weighted by Gasteiger charge is -2.06. The normalized spacial score (nSPS) is 10.3. The van der Waals surface area contributed by atoms with E-state index in [1.165, 1.54) is 0 Å². The van der Waals surface area contributed by atoms with Gasteiger partial charge in [0.05, 0.1) is 12.5 Å². The van der Waals surface area contributed by atoms with Gasteiger partial charge in [-0.3, -0.25) is 14.8 Å². The molecule has 0 fully saturated rings. The van der Waals surface area contributed by atoms with Gasteiger partial charge in [0.25, 0.3) is 11.8 Å². The summed E-state index contributed by atoms with van der Waals surface area (Å²) in [7, 11) is 0. The molecule has 6 nitrogen and oxygen atoms in total. The average Bonchev–Trinajstić information content (AvgIpc) is 3.19. The second kappa shape index (κ2) is 7.46. The molecule has 6 heteroatoms. The van der Waals surface area contributed by atoms with E-state index < -0.39 is 5.91 Å². The number of hydrogen-bond donors (Lipinski definition) is 3. The predicted molar refractivity (Wildman–Crippen MR) is 91.0 cm³/mol. The zero-order chi connectivity index (χ0) is 17.6. The van der Waals surface area contributed by atoms with Gasteiger partial charge in [0.1, 0.15) is 0 Å². The Hall–Kier alpha value is -3.38. The summed E-state index contributed by atoms with van der Waals surface area (Å²) < 4.78 is 4.96. The summed E-state index contributed by atoms with van der Waals surface area (Å²) in [6.45, 7) is 0.408. The monoisotopic (exact) mass is 336 g/mol. The number of amides is 2. The van der Waals surface area contributed by atoms with Crippen LogP contribution in [0.1, 0.15) is 26.3 Å². The van der Waals surface area contributed by atoms with E-state index in [1.807, 2.05) is 12.1 Å². The SMILES string of the molecule is O=C(NO)c1ccc(-c2ccc(C(=O)NCc3ccoc3)cc2)cc1. The van der Waals surface area contributed by atoms with E-state index in [-0.39, 0.29) is 5.91 Å². The van der Waals surface area contributed by atoms with Crippen molar-refractivity contribution in [3.05, 3.63) is 83.8 Å². The third-order valence-electron chi connectivity index (χ3n) is 3.76. The van der Waals surface area contributed by atoms with E-state index in [1.54, 1.807) is 60.5 Å². The molecule has 3 rings (SSSR count). The predicted octanol–water partition coefficient (Wildman–Crippen LogP) is 3.00. The summed E-state index contributed by atoms with van der Waals surface area (Å²) in [6.07, 6.45) is 3.15. The quantitative estimate of drug-likeness (QED) is 0.493. The highest BCUT2D eigenvalue weighted by Crippen LogP contribution is 2.20. The topological polar surface area (TPSA) is 91.6 Å². The molecule has 0 saturated carbocycles. The minimum atomic E-state index is -0.559. The highest BCUT2D eigenvalue weighted by molar-refractivity contribution is 5.95. The summed E-state index contributed by atoms with van der Waals surface area (Å²) in [5.41, 5.74) is 5.24. The molecule has 0 spiro atoms. The molecule has 0 radical (unpaired) electrons. The van der Waals surface area contributed by atoms with Crippen molar-refractivity contribution in [1.29, 1.82) is 0 Å². The molecule has 2 aromatic carbocycles. The third-order valence-corrected chi connectivity index (χ3v) is 3.76. The van der Waals surface area contributed by atoms with Crippen molar-refractivity contribution < 1.29 is 19.2 Å². The van der Waals surface area contributed by atoms with E-state index in [4.69, 9.17) is 9.62 Å². The molecule has 2 amide bonds. The van der Waals surface area contributed by atoms with Gasteiger partial charge < -0.3 is 9.73 Å². The second-order valence-corrected chi connectivity index (χ2v) is 5.41. The first-order chi connectivity index (χ1) is 12.2. The molecule has 3 aromatic rings. The van der Waals surface area contributed by atoms with Gasteiger partial charge >= 0.3 is 0 Å². The number of carbonyl (C=O) groups is 2. The number of rotatable bonds is 5. The van der Waals surface area contributed by atoms with Crippen molar-refractivity contribution in [3.8, 4) is 11.1 Å². The molecule has 0 atom stereocenters. The van der Waals surface area contributed by atoms with Gasteiger partial charge in [0, 0.05) is 23.2 Å². The highest BCUT2D eigenvalue weighted by Gasteiger charge is 2.07. The Morgan fingerprint density at radius 3 is 1.88 bits per heavy atom. The number of furan rings is 1. The molecule has 0 saturated heterocycles. The van der Waals surface area contributed by atoms with Gasteiger partial charge in [-0.15, -0.1) is 0 Å². The minimum Gasteiger partial charge on any atom is -0.472 e. The molecule has 3 N–H and O–H groups in total. The number of carbonyl (C=O) groups excluding carboxylic acids is 2. The van der Waals surface area contributed by atoms with Crippen LogP contribution in [0.3, 0.4) is 0 Å². The first-order valence-corrected chi connectivity index (χ1v) is 7.61. The fourth-order valence-corrected chi connectivity index (χ4v) is 2.37. The van der Waals surface area contributed by atoms with Crippen LogP contribution < -0.4 is 10.8 Å². The minimum absolute atomic E-state index is 0.164. The van der Waals surface area contributed by atoms with Crippen LogP contribution in [0.4, 0.5) is 0 Å². The molecule has 1 heterocycles. The third kappa shape index (κ3) is 3.94. The summed E-state index contributed by atoms with van der Waals surface area (Å²) in [6, 6.07) is 15.8. The van der Waals surface area contributed by atoms with Crippen LogP contribution in [-0.4, -0.2) is 17.0 Å². The summed E-state index contributed by atoms with van der Waals surface area (Å²) >= 11 is 0. The van der Waals surface area contributed by atoms with Crippen molar-refractivity contribution in [1.82, 2.24) is 10.8 Å². The van der Waals surface area contributed by atoms with Gasteiger partial charge in [-0.2, -0.15) is 0 Å². The van der Waals surface area contributed by atoms with E-state index in [0.717, 1.165) is 16.7 Å². The number of hydrogen-bond acceptors (Lipinski definition) is 4. The maximum Gasteiger partial charge on any atom is 0.274 e. The molecular formula is C19H16N2O4. The molecule has 1 aromatic heterocycles. The summed E-state index contributed by atoms with van der Waals surface area (Å²) in [5, 5.41) is 11.4. The molecule has 0 aliphatic heterocycles. The maximum atomic E-state index is 12.1. The standard InChI is InChI=1S/C19H16N2O4/c22-18(20-11-13-9-10-25-12-13)16-5-1-14(2-6-16)15-3-7-17(8-4-15)19(23)21-24/h1-10,12,24H,11H2,(H,20,22)(H,21,23). The van der Waals surface area contributed by atoms with Crippen molar-refractivity contribution in [3.63, 3.8) is 0 Å². The molecule has 0 aliphatic carbocycles. The van der Waals surface area contributed by atoms with Crippen LogP contribution >= 0.6 is 0 Å². The molecular weight excluding hydrogens is 320 g/mol. The number of benzene rings is 2. The van der Waals surface area contributed by atoms with Crippen LogP contribution in [0.15, 0.2) is 71.5 Å². The van der Waals surface area contributed by atoms with E-state index in [0.29, 0.717) is 17.7 Å². The zero-order valence-corrected chi connectivity index (χ0v) is 13.2. The maximum absolute atomic E-state index is 12.1. The largest absolute Gasteiger partial charge is 0.472 e. The first kappa shape index (κ1) is 16.5. The van der Waals surface area contributed by atoms with Crippen molar-refractivity contribution in [2.75, 3.05) is 0 Å². The van der Waals surface area contributed by atoms with Crippen LogP contribution in [-0.2, 0) is 6.54 Å². The Morgan fingerprint density at radius 1 is 0.840 bits per heavy atom. The fourth-order valence-electron chi connectivity index (χ4n) is 2.37. The van der Waals surface area contributed by atoms with Gasteiger partial charge in [-0.25, -0.2) is 5.48 Å². The Morgan fingerprint density at radius 2 is 1.40 bits per heavy atom. The Kier molecular flexibility index (Phi) is 4.92. The van der Waals surface area contributed by atoms with Crippen molar-refractivity contribution >= 4 is 11.8 Å². The van der Waals surface area contributed by atoms with Crippen LogP contribution in [0.2, 0.25) is 0 Å². The Labute approximate surface area is 144 Å². The highest BCUT2D eigenvalue weighted by atomic mass is 16.5. The van der Waals surface area contributed by atoms with Crippen molar-refractivity contribution in [2.45, 2.75) is 6.54 Å². The summed E-state index contributed by atoms with van der Waals surface area (Å²) in [5.74, 6) is -0.723. The van der Waals surface area contributed by atoms with E-state index in [2.05, 4.69) is 5.32 Å². The Bertz CT molecular complexity index is 853. The van der Waals surface area contributed by atoms with Crippen molar-refractivity contribution in [2.24, 2.45) is 0 Å². The van der Waals surface area contributed by atoms with Crippen LogP contribution in [0.5, 0.6) is 0 Å². The molecule has 0 unspecified atom stereocenters. The van der Waals surface area contributed by atoms with E-state index >= 15 is 0 Å². The average molecular weight is 336 g/mol. The molecule has 0 aliphatic rings. The number of hydroxylamine groups is 1. The zero-order valence-electron chi connectivity index (χ0n) is 13.2. The van der Waals surface area contributed by atoms with Crippen LogP contribution in [0, 0.1) is 0 Å². The van der Waals surface area contributed by atoms with Gasteiger partial charge in [-0.1, -0.05) is 24.3 Å². The lowest BCUT2D eigenvalue weighted by Crippen LogP contribution is -2.22. The first-order valence-electron chi connectivity index (χ1n) is 7.61. The molecule has 0 bridgehead atoms. The Balaban J connectivity index is 1.67. The van der Waals surface area contributed by atoms with E-state index in [9.17, 15) is 9.59 Å². The smallest absolute Gasteiger partial charge is 0.274 e. The second-order valence-electron chi connectivity index (χ2n) is 5.41. The fraction of sp³-hybridized carbons (Fsp3) is 0.0526. The number of nitrogens with one attached hydrogen (secondary N) is 2. The van der Waals surface area contributed by atoms with Crippen LogP contribution in [0.25, 0.3) is 11.1 Å². The van der Waals surface area contributed by atoms with Gasteiger partial charge in [0.15, 0.2) is 0 Å². The van der Waals surface area contributed by atoms with Gasteiger partial charge in [0.2, 0.25) is 0 Å². The van der Waals surface area contributed by atoms with Gasteiger partial charge in [-0.05, 0) is 41.5 Å². The molecule has 126 valence electrons.